The number of hydrogen-bond acceptors (Lipinski definition) is 3. The van der Waals surface area contributed by atoms with E-state index in [4.69, 9.17) is 16.3 Å². The number of ether oxygens (including phenoxy) is 1. The highest BCUT2D eigenvalue weighted by Gasteiger charge is 2.22. The number of halogens is 2. The minimum Gasteiger partial charge on any atom is -0.487 e. The molecule has 1 saturated heterocycles. The second-order valence-electron chi connectivity index (χ2n) is 4.75. The van der Waals surface area contributed by atoms with Crippen molar-refractivity contribution in [1.82, 2.24) is 10.6 Å². The largest absolute Gasteiger partial charge is 0.487 e. The van der Waals surface area contributed by atoms with E-state index in [-0.39, 0.29) is 30.5 Å². The van der Waals surface area contributed by atoms with Crippen LogP contribution in [-0.2, 0) is 4.79 Å². The molecule has 2 unspecified atom stereocenters. The zero-order valence-electron chi connectivity index (χ0n) is 11.4. The number of benzene rings is 1. The molecule has 0 spiro atoms. The van der Waals surface area contributed by atoms with Crippen LogP contribution >= 0.6 is 24.0 Å². The molecule has 1 aromatic carbocycles. The van der Waals surface area contributed by atoms with Gasteiger partial charge in [-0.2, -0.15) is 0 Å². The van der Waals surface area contributed by atoms with Crippen LogP contribution in [0.5, 0.6) is 5.75 Å². The molecule has 4 nitrogen and oxygen atoms in total. The van der Waals surface area contributed by atoms with Gasteiger partial charge in [0.2, 0.25) is 5.91 Å². The van der Waals surface area contributed by atoms with Gasteiger partial charge in [-0.3, -0.25) is 4.79 Å². The second kappa shape index (κ2) is 8.35. The molecule has 0 radical (unpaired) electrons. The number of hydrogen-bond donors (Lipinski definition) is 2. The van der Waals surface area contributed by atoms with Crippen molar-refractivity contribution in [2.24, 2.45) is 0 Å². The van der Waals surface area contributed by atoms with E-state index < -0.39 is 0 Å². The van der Waals surface area contributed by atoms with E-state index in [1.165, 1.54) is 0 Å². The highest BCUT2D eigenvalue weighted by molar-refractivity contribution is 6.32. The standard InChI is InChI=1S/C14H19ClN2O2.ClH/c1-10(19-13-7-3-2-5-11(13)15)9-17-14(18)12-6-4-8-16-12;/h2-3,5,7,10,12,16H,4,6,8-9H2,1H3,(H,17,18);1H. The molecule has 0 saturated carbocycles. The van der Waals surface area contributed by atoms with Crippen molar-refractivity contribution in [2.75, 3.05) is 13.1 Å². The van der Waals surface area contributed by atoms with Crippen LogP contribution in [0.1, 0.15) is 19.8 Å². The Bertz CT molecular complexity index is 437. The zero-order chi connectivity index (χ0) is 13.7. The Hall–Kier alpha value is -0.970. The van der Waals surface area contributed by atoms with E-state index in [0.29, 0.717) is 17.3 Å². The SMILES string of the molecule is CC(CNC(=O)C1CCCN1)Oc1ccccc1Cl.Cl. The fourth-order valence-corrected chi connectivity index (χ4v) is 2.25. The zero-order valence-corrected chi connectivity index (χ0v) is 13.0. The summed E-state index contributed by atoms with van der Waals surface area (Å²) in [7, 11) is 0. The van der Waals surface area contributed by atoms with Crippen LogP contribution in [-0.4, -0.2) is 31.1 Å². The average Bonchev–Trinajstić information content (AvgIpc) is 2.93. The van der Waals surface area contributed by atoms with Crippen molar-refractivity contribution in [3.05, 3.63) is 29.3 Å². The van der Waals surface area contributed by atoms with E-state index in [2.05, 4.69) is 10.6 Å². The van der Waals surface area contributed by atoms with Crippen LogP contribution in [0.3, 0.4) is 0 Å². The highest BCUT2D eigenvalue weighted by Crippen LogP contribution is 2.23. The van der Waals surface area contributed by atoms with Crippen LogP contribution < -0.4 is 15.4 Å². The molecule has 1 aliphatic rings. The van der Waals surface area contributed by atoms with Crippen LogP contribution in [0.15, 0.2) is 24.3 Å². The van der Waals surface area contributed by atoms with E-state index in [1.54, 1.807) is 6.07 Å². The third kappa shape index (κ3) is 4.85. The summed E-state index contributed by atoms with van der Waals surface area (Å²) in [5, 5.41) is 6.64. The van der Waals surface area contributed by atoms with E-state index in [1.807, 2.05) is 25.1 Å². The number of nitrogens with one attached hydrogen (secondary N) is 2. The molecule has 0 bridgehead atoms. The minimum atomic E-state index is -0.120. The predicted molar refractivity (Wildman–Crippen MR) is 82.8 cm³/mol. The monoisotopic (exact) mass is 318 g/mol. The Morgan fingerprint density at radius 1 is 1.55 bits per heavy atom. The van der Waals surface area contributed by atoms with Crippen LogP contribution in [0, 0.1) is 0 Å². The first kappa shape index (κ1) is 17.1. The van der Waals surface area contributed by atoms with Gasteiger partial charge < -0.3 is 15.4 Å². The fraction of sp³-hybridized carbons (Fsp3) is 0.500. The quantitative estimate of drug-likeness (QED) is 0.876. The maximum absolute atomic E-state index is 11.8. The Morgan fingerprint density at radius 3 is 2.95 bits per heavy atom. The topological polar surface area (TPSA) is 50.4 Å². The molecular formula is C14H20Cl2N2O2. The van der Waals surface area contributed by atoms with Crippen molar-refractivity contribution in [2.45, 2.75) is 31.9 Å². The Balaban J connectivity index is 0.00000200. The summed E-state index contributed by atoms with van der Waals surface area (Å²) >= 11 is 6.01. The number of para-hydroxylation sites is 1. The van der Waals surface area contributed by atoms with Crippen molar-refractivity contribution < 1.29 is 9.53 Å². The van der Waals surface area contributed by atoms with Gasteiger partial charge in [0.05, 0.1) is 17.6 Å². The van der Waals surface area contributed by atoms with Crippen molar-refractivity contribution >= 4 is 29.9 Å². The third-order valence-electron chi connectivity index (χ3n) is 3.11. The van der Waals surface area contributed by atoms with Gasteiger partial charge in [-0.1, -0.05) is 23.7 Å². The summed E-state index contributed by atoms with van der Waals surface area (Å²) in [5.74, 6) is 0.692. The number of amides is 1. The molecule has 6 heteroatoms. The first-order valence-corrected chi connectivity index (χ1v) is 6.97. The molecular weight excluding hydrogens is 299 g/mol. The molecule has 112 valence electrons. The Morgan fingerprint density at radius 2 is 2.30 bits per heavy atom. The first-order chi connectivity index (χ1) is 9.16. The maximum Gasteiger partial charge on any atom is 0.237 e. The van der Waals surface area contributed by atoms with Gasteiger partial charge >= 0.3 is 0 Å². The Kier molecular flexibility index (Phi) is 7.13. The first-order valence-electron chi connectivity index (χ1n) is 6.59. The lowest BCUT2D eigenvalue weighted by Gasteiger charge is -2.17. The van der Waals surface area contributed by atoms with E-state index in [0.717, 1.165) is 19.4 Å². The summed E-state index contributed by atoms with van der Waals surface area (Å²) in [5.41, 5.74) is 0. The van der Waals surface area contributed by atoms with Crippen LogP contribution in [0.25, 0.3) is 0 Å². The second-order valence-corrected chi connectivity index (χ2v) is 5.16. The molecule has 0 aliphatic carbocycles. The fourth-order valence-electron chi connectivity index (χ4n) is 2.07. The number of rotatable bonds is 5. The molecule has 1 amide bonds. The molecule has 1 aliphatic heterocycles. The molecule has 2 rings (SSSR count). The molecule has 2 atom stereocenters. The van der Waals surface area contributed by atoms with Gasteiger partial charge in [0.15, 0.2) is 0 Å². The summed E-state index contributed by atoms with van der Waals surface area (Å²) < 4.78 is 5.69. The van der Waals surface area contributed by atoms with Gasteiger partial charge in [0, 0.05) is 0 Å². The van der Waals surface area contributed by atoms with E-state index >= 15 is 0 Å². The van der Waals surface area contributed by atoms with Gasteiger partial charge in [-0.05, 0) is 38.4 Å². The lowest BCUT2D eigenvalue weighted by atomic mass is 10.2. The van der Waals surface area contributed by atoms with Crippen molar-refractivity contribution in [3.63, 3.8) is 0 Å². The average molecular weight is 319 g/mol. The number of carbonyl (C=O) groups excluding carboxylic acids is 1. The molecule has 2 N–H and O–H groups in total. The molecule has 1 aromatic rings. The maximum atomic E-state index is 11.8. The van der Waals surface area contributed by atoms with Crippen molar-refractivity contribution in [1.29, 1.82) is 0 Å². The molecule has 1 heterocycles. The summed E-state index contributed by atoms with van der Waals surface area (Å²) in [6.45, 7) is 3.30. The molecule has 0 aromatic heterocycles. The van der Waals surface area contributed by atoms with Gasteiger partial charge in [0.1, 0.15) is 11.9 Å². The lowest BCUT2D eigenvalue weighted by Crippen LogP contribution is -2.43. The van der Waals surface area contributed by atoms with Gasteiger partial charge in [-0.25, -0.2) is 0 Å². The van der Waals surface area contributed by atoms with Crippen LogP contribution in [0.4, 0.5) is 0 Å². The van der Waals surface area contributed by atoms with Crippen molar-refractivity contribution in [3.8, 4) is 5.75 Å². The normalized spacial score (nSPS) is 19.0. The summed E-state index contributed by atoms with van der Waals surface area (Å²) in [4.78, 5) is 11.8. The van der Waals surface area contributed by atoms with E-state index in [9.17, 15) is 4.79 Å². The third-order valence-corrected chi connectivity index (χ3v) is 3.42. The number of carbonyl (C=O) groups is 1. The summed E-state index contributed by atoms with van der Waals surface area (Å²) in [6, 6.07) is 7.28. The highest BCUT2D eigenvalue weighted by atomic mass is 35.5. The molecule has 1 fully saturated rings. The molecule has 20 heavy (non-hydrogen) atoms. The lowest BCUT2D eigenvalue weighted by molar-refractivity contribution is -0.123. The smallest absolute Gasteiger partial charge is 0.237 e. The Labute approximate surface area is 130 Å². The predicted octanol–water partition coefficient (Wildman–Crippen LogP) is 2.40. The van der Waals surface area contributed by atoms with Crippen LogP contribution in [0.2, 0.25) is 5.02 Å². The van der Waals surface area contributed by atoms with Gasteiger partial charge in [0.25, 0.3) is 0 Å². The van der Waals surface area contributed by atoms with Gasteiger partial charge in [-0.15, -0.1) is 12.4 Å². The minimum absolute atomic E-state index is 0. The summed E-state index contributed by atoms with van der Waals surface area (Å²) in [6.07, 6.45) is 1.85.